The number of benzene rings is 1. The molecule has 0 aliphatic heterocycles. The molecule has 0 saturated heterocycles. The maximum absolute atomic E-state index is 12.0. The molecule has 0 atom stereocenters. The van der Waals surface area contributed by atoms with Crippen LogP contribution in [0.1, 0.15) is 38.1 Å². The van der Waals surface area contributed by atoms with E-state index in [9.17, 15) is 4.79 Å². The van der Waals surface area contributed by atoms with Gasteiger partial charge in [-0.2, -0.15) is 0 Å². The minimum Gasteiger partial charge on any atom is -0.461 e. The second-order valence-electron chi connectivity index (χ2n) is 6.31. The molecule has 0 aromatic heterocycles. The normalized spacial score (nSPS) is 11.0. The van der Waals surface area contributed by atoms with Gasteiger partial charge in [0.05, 0.1) is 15.6 Å². The standard InChI is InChI=1S/C17H25Cl2NO2.ClH/c1-12(2)10-20(11-13(3)4)7-8-22-17(21)14-5-6-15(18)16(19)9-14;/h5-6,9,12-13H,7-8,10-11H2,1-4H3;1H. The molecule has 132 valence electrons. The topological polar surface area (TPSA) is 29.5 Å². The highest BCUT2D eigenvalue weighted by atomic mass is 35.5. The van der Waals surface area contributed by atoms with Crippen molar-refractivity contribution in [3.63, 3.8) is 0 Å². The summed E-state index contributed by atoms with van der Waals surface area (Å²) in [4.78, 5) is 14.3. The fourth-order valence-electron chi connectivity index (χ4n) is 2.26. The van der Waals surface area contributed by atoms with Crippen molar-refractivity contribution in [2.45, 2.75) is 27.7 Å². The van der Waals surface area contributed by atoms with Crippen molar-refractivity contribution in [3.8, 4) is 0 Å². The molecule has 0 radical (unpaired) electrons. The van der Waals surface area contributed by atoms with Gasteiger partial charge in [-0.15, -0.1) is 12.4 Å². The third-order valence-corrected chi connectivity index (χ3v) is 3.78. The van der Waals surface area contributed by atoms with E-state index in [1.54, 1.807) is 12.1 Å². The van der Waals surface area contributed by atoms with E-state index in [0.29, 0.717) is 34.1 Å². The van der Waals surface area contributed by atoms with Gasteiger partial charge in [-0.05, 0) is 30.0 Å². The Kier molecular flexibility index (Phi) is 10.9. The molecule has 3 nitrogen and oxygen atoms in total. The minimum atomic E-state index is -0.368. The van der Waals surface area contributed by atoms with Crippen molar-refractivity contribution < 1.29 is 9.53 Å². The van der Waals surface area contributed by atoms with Crippen LogP contribution < -0.4 is 0 Å². The van der Waals surface area contributed by atoms with Crippen molar-refractivity contribution in [3.05, 3.63) is 33.8 Å². The maximum atomic E-state index is 12.0. The number of esters is 1. The van der Waals surface area contributed by atoms with Crippen LogP contribution in [0.15, 0.2) is 18.2 Å². The van der Waals surface area contributed by atoms with Gasteiger partial charge in [0.1, 0.15) is 6.61 Å². The predicted molar refractivity (Wildman–Crippen MR) is 100 cm³/mol. The van der Waals surface area contributed by atoms with Crippen molar-refractivity contribution >= 4 is 41.6 Å². The molecule has 1 rings (SSSR count). The zero-order valence-corrected chi connectivity index (χ0v) is 16.5. The molecular formula is C17H26Cl3NO2. The summed E-state index contributed by atoms with van der Waals surface area (Å²) in [6, 6.07) is 4.76. The van der Waals surface area contributed by atoms with Crippen LogP contribution in [-0.2, 0) is 4.74 Å². The first kappa shape index (κ1) is 22.5. The monoisotopic (exact) mass is 381 g/mol. The zero-order chi connectivity index (χ0) is 16.7. The summed E-state index contributed by atoms with van der Waals surface area (Å²) in [6.45, 7) is 11.9. The average molecular weight is 383 g/mol. The lowest BCUT2D eigenvalue weighted by Crippen LogP contribution is -2.34. The third-order valence-electron chi connectivity index (χ3n) is 3.04. The van der Waals surface area contributed by atoms with Crippen molar-refractivity contribution in [1.29, 1.82) is 0 Å². The average Bonchev–Trinajstić information content (AvgIpc) is 2.40. The maximum Gasteiger partial charge on any atom is 0.338 e. The first-order chi connectivity index (χ1) is 10.3. The summed E-state index contributed by atoms with van der Waals surface area (Å²) >= 11 is 11.7. The van der Waals surface area contributed by atoms with E-state index in [4.69, 9.17) is 27.9 Å². The molecule has 0 aliphatic rings. The number of carbonyl (C=O) groups is 1. The summed E-state index contributed by atoms with van der Waals surface area (Å²) in [5, 5.41) is 0.788. The fraction of sp³-hybridized carbons (Fsp3) is 0.588. The Hall–Kier alpha value is -0.480. The van der Waals surface area contributed by atoms with Gasteiger partial charge < -0.3 is 4.74 Å². The fourth-order valence-corrected chi connectivity index (χ4v) is 2.56. The van der Waals surface area contributed by atoms with Crippen LogP contribution in [0.25, 0.3) is 0 Å². The first-order valence-electron chi connectivity index (χ1n) is 7.64. The van der Waals surface area contributed by atoms with Gasteiger partial charge in [0.2, 0.25) is 0 Å². The Labute approximate surface area is 155 Å². The Balaban J connectivity index is 0.00000484. The summed E-state index contributed by atoms with van der Waals surface area (Å²) < 4.78 is 5.33. The minimum absolute atomic E-state index is 0. The van der Waals surface area contributed by atoms with Crippen molar-refractivity contribution in [2.75, 3.05) is 26.2 Å². The number of hydrogen-bond acceptors (Lipinski definition) is 3. The highest BCUT2D eigenvalue weighted by molar-refractivity contribution is 6.42. The Morgan fingerprint density at radius 3 is 2.13 bits per heavy atom. The van der Waals surface area contributed by atoms with Gasteiger partial charge in [-0.25, -0.2) is 4.79 Å². The van der Waals surface area contributed by atoms with Crippen LogP contribution in [0.3, 0.4) is 0 Å². The SMILES string of the molecule is CC(C)CN(CCOC(=O)c1ccc(Cl)c(Cl)c1)CC(C)C.Cl. The molecule has 1 aromatic carbocycles. The van der Waals surface area contributed by atoms with E-state index >= 15 is 0 Å². The molecule has 0 amide bonds. The van der Waals surface area contributed by atoms with Gasteiger partial charge in [0.15, 0.2) is 0 Å². The van der Waals surface area contributed by atoms with Gasteiger partial charge in [0, 0.05) is 19.6 Å². The van der Waals surface area contributed by atoms with Crippen LogP contribution in [0.2, 0.25) is 10.0 Å². The number of ether oxygens (including phenoxy) is 1. The highest BCUT2D eigenvalue weighted by Gasteiger charge is 2.12. The van der Waals surface area contributed by atoms with Gasteiger partial charge in [0.25, 0.3) is 0 Å². The lowest BCUT2D eigenvalue weighted by Gasteiger charge is -2.25. The second-order valence-corrected chi connectivity index (χ2v) is 7.13. The van der Waals surface area contributed by atoms with E-state index in [-0.39, 0.29) is 18.4 Å². The molecule has 0 unspecified atom stereocenters. The molecule has 6 heteroatoms. The lowest BCUT2D eigenvalue weighted by atomic mass is 10.1. The number of rotatable bonds is 8. The van der Waals surface area contributed by atoms with Gasteiger partial charge >= 0.3 is 5.97 Å². The van der Waals surface area contributed by atoms with E-state index < -0.39 is 0 Å². The van der Waals surface area contributed by atoms with Crippen molar-refractivity contribution in [2.24, 2.45) is 11.8 Å². The molecule has 1 aromatic rings. The third kappa shape index (κ3) is 8.80. The van der Waals surface area contributed by atoms with Crippen LogP contribution >= 0.6 is 35.6 Å². The Morgan fingerprint density at radius 2 is 1.65 bits per heavy atom. The number of nitrogens with zero attached hydrogens (tertiary/aromatic N) is 1. The molecule has 0 bridgehead atoms. The van der Waals surface area contributed by atoms with Gasteiger partial charge in [-0.3, -0.25) is 4.90 Å². The van der Waals surface area contributed by atoms with E-state index in [0.717, 1.165) is 19.6 Å². The summed E-state index contributed by atoms with van der Waals surface area (Å²) in [6.07, 6.45) is 0. The molecule has 0 heterocycles. The van der Waals surface area contributed by atoms with Crippen LogP contribution in [0.4, 0.5) is 0 Å². The Bertz CT molecular complexity index is 483. The molecule has 0 saturated carbocycles. The Morgan fingerprint density at radius 1 is 1.09 bits per heavy atom. The zero-order valence-electron chi connectivity index (χ0n) is 14.1. The van der Waals surface area contributed by atoms with Crippen LogP contribution in [0.5, 0.6) is 0 Å². The smallest absolute Gasteiger partial charge is 0.338 e. The number of halogens is 3. The summed E-state index contributed by atoms with van der Waals surface area (Å²) in [5.41, 5.74) is 0.425. The molecule has 23 heavy (non-hydrogen) atoms. The van der Waals surface area contributed by atoms with Crippen LogP contribution in [-0.4, -0.2) is 37.1 Å². The summed E-state index contributed by atoms with van der Waals surface area (Å²) in [7, 11) is 0. The largest absolute Gasteiger partial charge is 0.461 e. The number of carbonyl (C=O) groups excluding carboxylic acids is 1. The van der Waals surface area contributed by atoms with E-state index in [1.165, 1.54) is 6.07 Å². The second kappa shape index (κ2) is 11.1. The highest BCUT2D eigenvalue weighted by Crippen LogP contribution is 2.22. The predicted octanol–water partition coefficient (Wildman–Crippen LogP) is 5.19. The molecule has 0 N–H and O–H groups in total. The molecule has 0 aliphatic carbocycles. The van der Waals surface area contributed by atoms with Crippen LogP contribution in [0, 0.1) is 11.8 Å². The molecule has 0 spiro atoms. The first-order valence-corrected chi connectivity index (χ1v) is 8.39. The summed E-state index contributed by atoms with van der Waals surface area (Å²) in [5.74, 6) is 0.807. The van der Waals surface area contributed by atoms with Gasteiger partial charge in [-0.1, -0.05) is 50.9 Å². The molecular weight excluding hydrogens is 357 g/mol. The molecule has 0 fully saturated rings. The lowest BCUT2D eigenvalue weighted by molar-refractivity contribution is 0.0450. The van der Waals surface area contributed by atoms with E-state index in [2.05, 4.69) is 32.6 Å². The van der Waals surface area contributed by atoms with Crippen molar-refractivity contribution in [1.82, 2.24) is 4.90 Å². The quantitative estimate of drug-likeness (QED) is 0.580. The number of hydrogen-bond donors (Lipinski definition) is 0. The van der Waals surface area contributed by atoms with E-state index in [1.807, 2.05) is 0 Å².